The van der Waals surface area contributed by atoms with E-state index in [4.69, 9.17) is 4.74 Å². The molecule has 1 fully saturated rings. The first-order valence-electron chi connectivity index (χ1n) is 4.62. The lowest BCUT2D eigenvalue weighted by Gasteiger charge is -2.06. The van der Waals surface area contributed by atoms with E-state index < -0.39 is 0 Å². The van der Waals surface area contributed by atoms with Crippen molar-refractivity contribution < 1.29 is 9.84 Å². The van der Waals surface area contributed by atoms with Gasteiger partial charge in [0.2, 0.25) is 0 Å². The standard InChI is InChI=1S/C9H18O2/c1-2-3-4-5-8(10)6-9-7-11-9/h8-10H,2-7H2,1H3/t8-,9+/m1/s1. The van der Waals surface area contributed by atoms with Crippen LogP contribution in [0.3, 0.4) is 0 Å². The summed E-state index contributed by atoms with van der Waals surface area (Å²) in [4.78, 5) is 0. The summed E-state index contributed by atoms with van der Waals surface area (Å²) in [5, 5.41) is 9.41. The van der Waals surface area contributed by atoms with E-state index in [-0.39, 0.29) is 6.10 Å². The summed E-state index contributed by atoms with van der Waals surface area (Å²) in [7, 11) is 0. The molecule has 1 saturated heterocycles. The van der Waals surface area contributed by atoms with Gasteiger partial charge in [-0.3, -0.25) is 0 Å². The Balaban J connectivity index is 1.87. The van der Waals surface area contributed by atoms with Crippen molar-refractivity contribution in [3.05, 3.63) is 0 Å². The lowest BCUT2D eigenvalue weighted by Crippen LogP contribution is -2.09. The number of unbranched alkanes of at least 4 members (excludes halogenated alkanes) is 2. The van der Waals surface area contributed by atoms with Crippen LogP contribution in [0.1, 0.15) is 39.0 Å². The van der Waals surface area contributed by atoms with Crippen LogP contribution < -0.4 is 0 Å². The molecule has 0 aliphatic carbocycles. The molecule has 0 aromatic carbocycles. The first-order valence-corrected chi connectivity index (χ1v) is 4.62. The first kappa shape index (κ1) is 9.01. The fourth-order valence-electron chi connectivity index (χ4n) is 1.26. The molecular weight excluding hydrogens is 140 g/mol. The van der Waals surface area contributed by atoms with Crippen LogP contribution >= 0.6 is 0 Å². The molecular formula is C9H18O2. The van der Waals surface area contributed by atoms with Crippen LogP contribution in [0.4, 0.5) is 0 Å². The van der Waals surface area contributed by atoms with E-state index in [0.29, 0.717) is 6.10 Å². The predicted molar refractivity (Wildman–Crippen MR) is 44.5 cm³/mol. The number of hydrogen-bond acceptors (Lipinski definition) is 2. The molecule has 0 unspecified atom stereocenters. The highest BCUT2D eigenvalue weighted by molar-refractivity contribution is 4.73. The number of epoxide rings is 1. The summed E-state index contributed by atoms with van der Waals surface area (Å²) in [5.74, 6) is 0. The van der Waals surface area contributed by atoms with E-state index >= 15 is 0 Å². The number of ether oxygens (including phenoxy) is 1. The quantitative estimate of drug-likeness (QED) is 0.471. The molecule has 2 nitrogen and oxygen atoms in total. The topological polar surface area (TPSA) is 32.8 Å². The van der Waals surface area contributed by atoms with Crippen molar-refractivity contribution in [1.82, 2.24) is 0 Å². The summed E-state index contributed by atoms with van der Waals surface area (Å²) in [6.45, 7) is 3.04. The number of aliphatic hydroxyl groups is 1. The molecule has 0 aromatic rings. The van der Waals surface area contributed by atoms with E-state index in [0.717, 1.165) is 25.9 Å². The third-order valence-electron chi connectivity index (χ3n) is 2.08. The summed E-state index contributed by atoms with van der Waals surface area (Å²) in [6, 6.07) is 0. The molecule has 0 radical (unpaired) electrons. The highest BCUT2D eigenvalue weighted by atomic mass is 16.6. The smallest absolute Gasteiger partial charge is 0.0834 e. The monoisotopic (exact) mass is 158 g/mol. The third-order valence-corrected chi connectivity index (χ3v) is 2.08. The fraction of sp³-hybridized carbons (Fsp3) is 1.00. The van der Waals surface area contributed by atoms with Crippen LogP contribution in [0, 0.1) is 0 Å². The van der Waals surface area contributed by atoms with Gasteiger partial charge in [-0.2, -0.15) is 0 Å². The summed E-state index contributed by atoms with van der Waals surface area (Å²) in [6.07, 6.45) is 5.69. The largest absolute Gasteiger partial charge is 0.393 e. The minimum atomic E-state index is -0.117. The molecule has 0 spiro atoms. The molecule has 2 heteroatoms. The molecule has 2 atom stereocenters. The highest BCUT2D eigenvalue weighted by Crippen LogP contribution is 2.18. The Labute approximate surface area is 68.6 Å². The van der Waals surface area contributed by atoms with Crippen molar-refractivity contribution in [3.8, 4) is 0 Å². The number of aliphatic hydroxyl groups excluding tert-OH is 1. The molecule has 11 heavy (non-hydrogen) atoms. The number of rotatable bonds is 6. The van der Waals surface area contributed by atoms with E-state index in [2.05, 4.69) is 6.92 Å². The molecule has 1 N–H and O–H groups in total. The zero-order valence-corrected chi connectivity index (χ0v) is 7.25. The van der Waals surface area contributed by atoms with Crippen molar-refractivity contribution in [2.24, 2.45) is 0 Å². The molecule has 1 rings (SSSR count). The Morgan fingerprint density at radius 1 is 1.55 bits per heavy atom. The van der Waals surface area contributed by atoms with Crippen molar-refractivity contribution in [3.63, 3.8) is 0 Å². The van der Waals surface area contributed by atoms with Gasteiger partial charge in [-0.25, -0.2) is 0 Å². The Morgan fingerprint density at radius 3 is 2.82 bits per heavy atom. The van der Waals surface area contributed by atoms with Crippen molar-refractivity contribution >= 4 is 0 Å². The molecule has 66 valence electrons. The predicted octanol–water partition coefficient (Wildman–Crippen LogP) is 1.72. The van der Waals surface area contributed by atoms with Crippen molar-refractivity contribution in [1.29, 1.82) is 0 Å². The van der Waals surface area contributed by atoms with Gasteiger partial charge in [0.05, 0.1) is 18.8 Å². The zero-order valence-electron chi connectivity index (χ0n) is 7.25. The van der Waals surface area contributed by atoms with Crippen molar-refractivity contribution in [2.75, 3.05) is 6.61 Å². The molecule has 0 aromatic heterocycles. The second-order valence-corrected chi connectivity index (χ2v) is 3.34. The molecule has 1 aliphatic heterocycles. The van der Waals surface area contributed by atoms with Gasteiger partial charge in [-0.15, -0.1) is 0 Å². The average molecular weight is 158 g/mol. The van der Waals surface area contributed by atoms with Gasteiger partial charge in [0.1, 0.15) is 0 Å². The maximum absolute atomic E-state index is 9.41. The molecule has 1 aliphatic rings. The van der Waals surface area contributed by atoms with Crippen LogP contribution in [0.25, 0.3) is 0 Å². The summed E-state index contributed by atoms with van der Waals surface area (Å²) >= 11 is 0. The molecule has 0 saturated carbocycles. The van der Waals surface area contributed by atoms with Crippen LogP contribution in [-0.4, -0.2) is 23.9 Å². The Bertz CT molecular complexity index is 99.7. The van der Waals surface area contributed by atoms with Crippen LogP contribution in [0.5, 0.6) is 0 Å². The van der Waals surface area contributed by atoms with Gasteiger partial charge in [0, 0.05) is 6.42 Å². The average Bonchev–Trinajstić information content (AvgIpc) is 2.72. The van der Waals surface area contributed by atoms with Crippen molar-refractivity contribution in [2.45, 2.75) is 51.2 Å². The zero-order chi connectivity index (χ0) is 8.10. The lowest BCUT2D eigenvalue weighted by molar-refractivity contribution is 0.139. The Morgan fingerprint density at radius 2 is 2.27 bits per heavy atom. The third kappa shape index (κ3) is 4.38. The van der Waals surface area contributed by atoms with E-state index in [1.807, 2.05) is 0 Å². The summed E-state index contributed by atoms with van der Waals surface area (Å²) < 4.78 is 5.03. The number of hydrogen-bond donors (Lipinski definition) is 1. The SMILES string of the molecule is CCCCC[C@@H](O)C[C@H]1CO1. The maximum Gasteiger partial charge on any atom is 0.0834 e. The minimum absolute atomic E-state index is 0.117. The second kappa shape index (κ2) is 4.73. The Kier molecular flexibility index (Phi) is 3.87. The van der Waals surface area contributed by atoms with E-state index in [9.17, 15) is 5.11 Å². The van der Waals surface area contributed by atoms with Gasteiger partial charge in [0.15, 0.2) is 0 Å². The van der Waals surface area contributed by atoms with Crippen LogP contribution in [0.2, 0.25) is 0 Å². The Hall–Kier alpha value is -0.0800. The first-order chi connectivity index (χ1) is 5.33. The highest BCUT2D eigenvalue weighted by Gasteiger charge is 2.25. The minimum Gasteiger partial charge on any atom is -0.393 e. The molecule has 0 bridgehead atoms. The fourth-order valence-corrected chi connectivity index (χ4v) is 1.26. The summed E-state index contributed by atoms with van der Waals surface area (Å²) in [5.41, 5.74) is 0. The van der Waals surface area contributed by atoms with Gasteiger partial charge in [-0.05, 0) is 6.42 Å². The van der Waals surface area contributed by atoms with Gasteiger partial charge < -0.3 is 9.84 Å². The van der Waals surface area contributed by atoms with Gasteiger partial charge in [-0.1, -0.05) is 26.2 Å². The van der Waals surface area contributed by atoms with Crippen LogP contribution in [-0.2, 0) is 4.74 Å². The molecule has 0 amide bonds. The van der Waals surface area contributed by atoms with Crippen LogP contribution in [0.15, 0.2) is 0 Å². The van der Waals surface area contributed by atoms with E-state index in [1.54, 1.807) is 0 Å². The van der Waals surface area contributed by atoms with Gasteiger partial charge in [0.25, 0.3) is 0 Å². The maximum atomic E-state index is 9.41. The molecule has 1 heterocycles. The van der Waals surface area contributed by atoms with E-state index in [1.165, 1.54) is 12.8 Å². The normalized spacial score (nSPS) is 25.1. The second-order valence-electron chi connectivity index (χ2n) is 3.34. The van der Waals surface area contributed by atoms with Gasteiger partial charge >= 0.3 is 0 Å². The lowest BCUT2D eigenvalue weighted by atomic mass is 10.1.